The van der Waals surface area contributed by atoms with Crippen molar-refractivity contribution in [2.75, 3.05) is 18.5 Å². The molecule has 5 nitrogen and oxygen atoms in total. The zero-order valence-electron chi connectivity index (χ0n) is 13.9. The van der Waals surface area contributed by atoms with Crippen LogP contribution >= 0.6 is 39.5 Å². The fourth-order valence-corrected chi connectivity index (χ4v) is 4.91. The molecule has 0 saturated heterocycles. The van der Waals surface area contributed by atoms with Crippen LogP contribution < -0.4 is 5.32 Å². The fourth-order valence-electron chi connectivity index (χ4n) is 2.32. The molecule has 2 N–H and O–H groups in total. The Hall–Kier alpha value is -0.850. The summed E-state index contributed by atoms with van der Waals surface area (Å²) in [4.78, 5) is 0. The zero-order chi connectivity index (χ0) is 18.4. The molecule has 0 unspecified atom stereocenters. The van der Waals surface area contributed by atoms with E-state index in [-0.39, 0.29) is 19.0 Å². The predicted molar refractivity (Wildman–Crippen MR) is 107 cm³/mol. The van der Waals surface area contributed by atoms with Crippen molar-refractivity contribution < 1.29 is 18.7 Å². The highest BCUT2D eigenvalue weighted by Gasteiger charge is 2.38. The van der Waals surface area contributed by atoms with E-state index >= 15 is 0 Å². The average Bonchev–Trinajstić information content (AvgIpc) is 2.57. The monoisotopic (exact) mass is 491 g/mol. The molecule has 136 valence electrons. The number of rotatable bonds is 8. The third-order valence-corrected chi connectivity index (χ3v) is 6.66. The predicted octanol–water partition coefficient (Wildman–Crippen LogP) is 6.29. The Labute approximate surface area is 164 Å². The Morgan fingerprint density at radius 1 is 1.04 bits per heavy atom. The average molecular weight is 493 g/mol. The lowest BCUT2D eigenvalue weighted by Gasteiger charge is -2.28. The smallest absolute Gasteiger partial charge is 0.357 e. The molecule has 0 fully saturated rings. The molecule has 0 radical (unpaired) electrons. The van der Waals surface area contributed by atoms with E-state index in [4.69, 9.17) is 9.05 Å². The van der Waals surface area contributed by atoms with Crippen molar-refractivity contribution in [1.29, 1.82) is 0 Å². The highest BCUT2D eigenvalue weighted by atomic mass is 79.9. The Morgan fingerprint density at radius 2 is 1.60 bits per heavy atom. The molecular weight excluding hydrogens is 473 g/mol. The van der Waals surface area contributed by atoms with Crippen molar-refractivity contribution in [3.63, 3.8) is 0 Å². The van der Waals surface area contributed by atoms with Gasteiger partial charge in [-0.05, 0) is 56.3 Å². The lowest BCUT2D eigenvalue weighted by molar-refractivity contribution is 0.213. The number of aromatic hydroxyl groups is 1. The topological polar surface area (TPSA) is 67.8 Å². The maximum absolute atomic E-state index is 13.4. The standard InChI is InChI=1S/C17H20Br2NO4P/c1-3-23-25(22,24-4-2)17(15-11-13(19)7-10-16(15)21)20-14-8-5-12(18)6-9-14/h5-11,17,20-21H,3-4H2,1-2H3/t17-/m0/s1. The van der Waals surface area contributed by atoms with E-state index in [2.05, 4.69) is 37.2 Å². The molecule has 0 saturated carbocycles. The van der Waals surface area contributed by atoms with Crippen LogP contribution in [0.5, 0.6) is 5.75 Å². The van der Waals surface area contributed by atoms with Crippen LogP contribution in [0.1, 0.15) is 25.2 Å². The summed E-state index contributed by atoms with van der Waals surface area (Å²) in [5.74, 6) is -0.844. The zero-order valence-corrected chi connectivity index (χ0v) is 18.0. The number of benzene rings is 2. The summed E-state index contributed by atoms with van der Waals surface area (Å²) >= 11 is 6.78. The number of hydrogen-bond acceptors (Lipinski definition) is 5. The van der Waals surface area contributed by atoms with Crippen LogP contribution in [0.25, 0.3) is 0 Å². The van der Waals surface area contributed by atoms with Crippen LogP contribution in [0.3, 0.4) is 0 Å². The molecule has 0 aliphatic heterocycles. The number of halogens is 2. The largest absolute Gasteiger partial charge is 0.508 e. The molecule has 2 aromatic carbocycles. The van der Waals surface area contributed by atoms with E-state index < -0.39 is 13.4 Å². The lowest BCUT2D eigenvalue weighted by atomic mass is 10.2. The van der Waals surface area contributed by atoms with Crippen LogP contribution in [0, 0.1) is 0 Å². The highest BCUT2D eigenvalue weighted by molar-refractivity contribution is 9.10. The van der Waals surface area contributed by atoms with E-state index in [9.17, 15) is 9.67 Å². The second-order valence-corrected chi connectivity index (χ2v) is 9.08. The summed E-state index contributed by atoms with van der Waals surface area (Å²) in [6.45, 7) is 3.96. The van der Waals surface area contributed by atoms with Crippen LogP contribution in [-0.4, -0.2) is 18.3 Å². The van der Waals surface area contributed by atoms with Gasteiger partial charge in [-0.1, -0.05) is 31.9 Å². The molecule has 25 heavy (non-hydrogen) atoms. The first-order valence-electron chi connectivity index (χ1n) is 7.79. The van der Waals surface area contributed by atoms with E-state index in [0.29, 0.717) is 5.56 Å². The van der Waals surface area contributed by atoms with Crippen molar-refractivity contribution in [1.82, 2.24) is 0 Å². The summed E-state index contributed by atoms with van der Waals surface area (Å²) in [5.41, 5.74) is 1.16. The fraction of sp³-hybridized carbons (Fsp3) is 0.294. The van der Waals surface area contributed by atoms with E-state index in [0.717, 1.165) is 14.6 Å². The summed E-state index contributed by atoms with van der Waals surface area (Å²) in [6, 6.07) is 12.4. The first-order chi connectivity index (χ1) is 11.9. The highest BCUT2D eigenvalue weighted by Crippen LogP contribution is 2.62. The molecule has 0 spiro atoms. The lowest BCUT2D eigenvalue weighted by Crippen LogP contribution is -2.15. The number of phenolic OH excluding ortho intramolecular Hbond substituents is 1. The Balaban J connectivity index is 2.51. The van der Waals surface area contributed by atoms with Crippen LogP contribution in [0.15, 0.2) is 51.4 Å². The van der Waals surface area contributed by atoms with Gasteiger partial charge in [0, 0.05) is 20.2 Å². The Kier molecular flexibility index (Phi) is 7.52. The molecule has 0 heterocycles. The summed E-state index contributed by atoms with van der Waals surface area (Å²) < 4.78 is 26.1. The third kappa shape index (κ3) is 5.31. The van der Waals surface area contributed by atoms with E-state index in [1.807, 2.05) is 24.3 Å². The summed E-state index contributed by atoms with van der Waals surface area (Å²) in [6.07, 6.45) is 0. The van der Waals surface area contributed by atoms with E-state index in [1.165, 1.54) is 6.07 Å². The molecule has 2 aromatic rings. The minimum absolute atomic E-state index is 0.0115. The van der Waals surface area contributed by atoms with Gasteiger partial charge in [-0.25, -0.2) is 0 Å². The summed E-state index contributed by atoms with van der Waals surface area (Å²) in [7, 11) is -3.58. The quantitative estimate of drug-likeness (QED) is 0.423. The maximum atomic E-state index is 13.4. The molecule has 0 bridgehead atoms. The first-order valence-corrected chi connectivity index (χ1v) is 11.0. The van der Waals surface area contributed by atoms with Crippen molar-refractivity contribution >= 4 is 45.1 Å². The van der Waals surface area contributed by atoms with Gasteiger partial charge in [-0.15, -0.1) is 0 Å². The minimum atomic E-state index is -3.58. The van der Waals surface area contributed by atoms with Gasteiger partial charge in [0.25, 0.3) is 0 Å². The minimum Gasteiger partial charge on any atom is -0.508 e. The maximum Gasteiger partial charge on any atom is 0.357 e. The normalized spacial score (nSPS) is 12.8. The third-order valence-electron chi connectivity index (χ3n) is 3.37. The molecule has 0 aliphatic rings. The van der Waals surface area contributed by atoms with E-state index in [1.54, 1.807) is 26.0 Å². The van der Waals surface area contributed by atoms with Crippen molar-refractivity contribution in [3.8, 4) is 5.75 Å². The van der Waals surface area contributed by atoms with Gasteiger partial charge in [0.1, 0.15) is 5.75 Å². The molecule has 0 aliphatic carbocycles. The van der Waals surface area contributed by atoms with Crippen LogP contribution in [-0.2, 0) is 13.6 Å². The van der Waals surface area contributed by atoms with Crippen LogP contribution in [0.4, 0.5) is 5.69 Å². The van der Waals surface area contributed by atoms with Gasteiger partial charge in [0.15, 0.2) is 5.78 Å². The Bertz CT molecular complexity index is 745. The molecule has 0 amide bonds. The van der Waals surface area contributed by atoms with Crippen LogP contribution in [0.2, 0.25) is 0 Å². The van der Waals surface area contributed by atoms with Crippen molar-refractivity contribution in [3.05, 3.63) is 57.0 Å². The second-order valence-electron chi connectivity index (χ2n) is 5.13. The van der Waals surface area contributed by atoms with Gasteiger partial charge < -0.3 is 19.5 Å². The number of anilines is 1. The first kappa shape index (κ1) is 20.5. The molecule has 2 rings (SSSR count). The molecular formula is C17H20Br2NO4P. The van der Waals surface area contributed by atoms with Gasteiger partial charge >= 0.3 is 7.60 Å². The van der Waals surface area contributed by atoms with Gasteiger partial charge in [0.05, 0.1) is 13.2 Å². The van der Waals surface area contributed by atoms with Crippen molar-refractivity contribution in [2.45, 2.75) is 19.6 Å². The molecule has 8 heteroatoms. The number of phenols is 1. The molecule has 0 aromatic heterocycles. The molecule has 1 atom stereocenters. The van der Waals surface area contributed by atoms with Gasteiger partial charge in [-0.2, -0.15) is 0 Å². The van der Waals surface area contributed by atoms with Gasteiger partial charge in [0.2, 0.25) is 0 Å². The second kappa shape index (κ2) is 9.19. The number of hydrogen-bond donors (Lipinski definition) is 2. The van der Waals surface area contributed by atoms with Crippen molar-refractivity contribution in [2.24, 2.45) is 0 Å². The number of nitrogens with one attached hydrogen (secondary N) is 1. The Morgan fingerprint density at radius 3 is 2.16 bits per heavy atom. The van der Waals surface area contributed by atoms with Gasteiger partial charge in [-0.3, -0.25) is 4.57 Å². The summed E-state index contributed by atoms with van der Waals surface area (Å²) in [5, 5.41) is 13.5. The SMILES string of the molecule is CCOP(=O)(OCC)[C@H](Nc1ccc(Br)cc1)c1cc(Br)ccc1O.